The average Bonchev–Trinajstić information content (AvgIpc) is 2.45. The first-order chi connectivity index (χ1) is 14.2. The van der Waals surface area contributed by atoms with Gasteiger partial charge >= 0.3 is 62.1 Å². The fourth-order valence-electron chi connectivity index (χ4n) is 9.03. The summed E-state index contributed by atoms with van der Waals surface area (Å²) in [5.74, 6) is 0. The van der Waals surface area contributed by atoms with Crippen LogP contribution in [0.3, 0.4) is 0 Å². The van der Waals surface area contributed by atoms with Crippen LogP contribution in [0.5, 0.6) is 0 Å². The van der Waals surface area contributed by atoms with Gasteiger partial charge in [-0.25, -0.2) is 0 Å². The van der Waals surface area contributed by atoms with Crippen molar-refractivity contribution < 1.29 is 4.79 Å². The van der Waals surface area contributed by atoms with Crippen molar-refractivity contribution in [2.24, 2.45) is 21.7 Å². The molecule has 6 aliphatic rings. The second-order valence-electron chi connectivity index (χ2n) is 14.7. The van der Waals surface area contributed by atoms with Gasteiger partial charge in [0.25, 0.3) is 5.52 Å². The van der Waals surface area contributed by atoms with Crippen LogP contribution in [-0.2, 0) is 4.79 Å². The predicted molar refractivity (Wildman–Crippen MR) is 168 cm³/mol. The van der Waals surface area contributed by atoms with E-state index in [1.807, 2.05) is 6.92 Å². The second kappa shape index (κ2) is 6.62. The molecule has 0 unspecified atom stereocenters. The molecule has 0 aromatic rings. The third-order valence-corrected chi connectivity index (χ3v) is 42.3. The summed E-state index contributed by atoms with van der Waals surface area (Å²) in [6.45, 7) is 32.3. The minimum absolute atomic E-state index is 0.0138. The third-order valence-electron chi connectivity index (χ3n) is 8.71. The molecular formula is C22H39Cl6OP4Sb. The van der Waals surface area contributed by atoms with Crippen molar-refractivity contribution in [1.82, 2.24) is 0 Å². The molecule has 6 rings (SSSR count). The number of hydrogen-bond acceptors (Lipinski definition) is 1. The molecule has 0 atom stereocenters. The first-order valence-electron chi connectivity index (χ1n) is 11.6. The summed E-state index contributed by atoms with van der Waals surface area (Å²) in [5.41, 5.74) is 2.04. The van der Waals surface area contributed by atoms with Gasteiger partial charge in [-0.2, -0.15) is 0 Å². The zero-order valence-corrected chi connectivity index (χ0v) is 33.1. The van der Waals surface area contributed by atoms with E-state index in [2.05, 4.69) is 83.1 Å². The summed E-state index contributed by atoms with van der Waals surface area (Å²) in [6.07, 6.45) is 0. The summed E-state index contributed by atoms with van der Waals surface area (Å²) in [5, 5.41) is 0. The van der Waals surface area contributed by atoms with Crippen LogP contribution in [0.1, 0.15) is 90.0 Å². The molecule has 0 amide bonds. The van der Waals surface area contributed by atoms with Crippen molar-refractivity contribution in [2.75, 3.05) is 0 Å². The van der Waals surface area contributed by atoms with Gasteiger partial charge in [0.15, 0.2) is 0 Å². The molecule has 6 saturated heterocycles. The van der Waals surface area contributed by atoms with E-state index in [0.717, 1.165) is 0 Å². The molecule has 1 nitrogen and oxygen atoms in total. The predicted octanol–water partition coefficient (Wildman–Crippen LogP) is 12.6. The van der Waals surface area contributed by atoms with Crippen molar-refractivity contribution in [3.63, 3.8) is 0 Å². The molecule has 34 heavy (non-hydrogen) atoms. The van der Waals surface area contributed by atoms with Gasteiger partial charge in [-0.1, -0.05) is 83.1 Å². The normalized spacial score (nSPS) is 49.9. The van der Waals surface area contributed by atoms with Gasteiger partial charge in [0.2, 0.25) is 0 Å². The number of halogens is 6. The van der Waals surface area contributed by atoms with Crippen molar-refractivity contribution in [3.8, 4) is 0 Å². The summed E-state index contributed by atoms with van der Waals surface area (Å²) >= 11 is 0. The van der Waals surface area contributed by atoms with E-state index in [-0.39, 0.29) is 23.8 Å². The first kappa shape index (κ1) is 30.9. The average molecular weight is 778 g/mol. The Morgan fingerprint density at radius 2 is 0.794 bits per heavy atom. The van der Waals surface area contributed by atoms with Gasteiger partial charge < -0.3 is 0 Å². The fourth-order valence-corrected chi connectivity index (χ4v) is 65.1. The topological polar surface area (TPSA) is 17.1 Å². The van der Waals surface area contributed by atoms with Crippen LogP contribution in [0.4, 0.5) is 0 Å². The number of rotatable bonds is 1. The Morgan fingerprint density at radius 1 is 0.588 bits per heavy atom. The Hall–Kier alpha value is 3.95. The van der Waals surface area contributed by atoms with Gasteiger partial charge in [0, 0.05) is 46.9 Å². The Kier molecular flexibility index (Phi) is 6.01. The monoisotopic (exact) mass is 774 g/mol. The Morgan fingerprint density at radius 3 is 0.912 bits per heavy atom. The van der Waals surface area contributed by atoms with Crippen LogP contribution in [-0.4, -0.2) is 33.2 Å². The molecule has 0 radical (unpaired) electrons. The zero-order chi connectivity index (χ0) is 27.2. The van der Waals surface area contributed by atoms with Crippen LogP contribution < -0.4 is 0 Å². The molecular weight excluding hydrogens is 739 g/mol. The van der Waals surface area contributed by atoms with Gasteiger partial charge in [0.05, 0.1) is 4.64 Å². The van der Waals surface area contributed by atoms with Crippen LogP contribution in [0.25, 0.3) is 0 Å². The fraction of sp³-hybridized carbons (Fsp3) is 0.955. The van der Waals surface area contributed by atoms with E-state index in [0.29, 0.717) is 45.7 Å². The molecule has 0 spiro atoms. The molecule has 0 saturated carbocycles. The SMILES string of the molecule is CC(=O)[P+]12C3(C(C)(C)C)P4C5(C(C)(C)C)P3C1(C(C)(C)C)P5C42C(C)(C)C.[Cl][Sb-]([Cl])([Cl])([Cl])([Cl])[Cl]. The van der Waals surface area contributed by atoms with Crippen molar-refractivity contribution >= 4 is 98.7 Å². The zero-order valence-electron chi connectivity index (χ0n) is 22.4. The molecule has 12 heteroatoms. The molecule has 6 aliphatic heterocycles. The molecule has 0 aromatic carbocycles. The Bertz CT molecular complexity index is 916. The summed E-state index contributed by atoms with van der Waals surface area (Å²) in [6, 6.07) is 0. The standard InChI is InChI=1S/C22H39OP4.6ClH.Sb/c1-14(23)27-20(16(5,6)7)24-19(15(2,3)4)25(20)22(27,18(11,12)13)26(19)21(24,27)17(8,9)10;;;;;;;/h1-13H3;6*1H;/q+1;;;;;;;+5/p-6. The van der Waals surface area contributed by atoms with Crippen LogP contribution in [0.15, 0.2) is 0 Å². The van der Waals surface area contributed by atoms with Gasteiger partial charge in [-0.05, 0) is 5.41 Å². The molecule has 6 fully saturated rings. The second-order valence-corrected chi connectivity index (χ2v) is 87.9. The van der Waals surface area contributed by atoms with E-state index in [9.17, 15) is 4.79 Å². The molecule has 200 valence electrons. The van der Waals surface area contributed by atoms with E-state index < -0.39 is 16.4 Å². The minimum atomic E-state index is -5.42. The Balaban J connectivity index is 0.000000344. The van der Waals surface area contributed by atoms with Gasteiger partial charge in [-0.3, -0.25) is 4.79 Å². The first-order valence-corrected chi connectivity index (χ1v) is 36.8. The molecule has 0 N–H and O–H groups in total. The maximum absolute atomic E-state index is 13.8. The molecule has 0 bridgehead atoms. The Labute approximate surface area is 231 Å². The van der Waals surface area contributed by atoms with Gasteiger partial charge in [0.1, 0.15) is 21.2 Å². The molecule has 6 heterocycles. The van der Waals surface area contributed by atoms with Crippen molar-refractivity contribution in [3.05, 3.63) is 0 Å². The van der Waals surface area contributed by atoms with Crippen molar-refractivity contribution in [1.29, 1.82) is 0 Å². The molecule has 0 aliphatic carbocycles. The quantitative estimate of drug-likeness (QED) is 0.191. The van der Waals surface area contributed by atoms with Crippen molar-refractivity contribution in [2.45, 2.75) is 109 Å². The number of carbonyl (C=O) groups is 1. The summed E-state index contributed by atoms with van der Waals surface area (Å²) in [4.78, 5) is 13.8. The third kappa shape index (κ3) is 2.72. The number of hydrogen-bond donors (Lipinski definition) is 0. The number of carbonyl (C=O) groups excluding carboxylic acids is 1. The van der Waals surface area contributed by atoms with Gasteiger partial charge in [-0.15, -0.1) is 0 Å². The van der Waals surface area contributed by atoms with E-state index >= 15 is 0 Å². The van der Waals surface area contributed by atoms with Crippen LogP contribution in [0.2, 0.25) is 0 Å². The van der Waals surface area contributed by atoms with Crippen LogP contribution in [0, 0.1) is 21.7 Å². The van der Waals surface area contributed by atoms with E-state index in [1.165, 1.54) is 0 Å². The van der Waals surface area contributed by atoms with E-state index in [4.69, 9.17) is 53.0 Å². The van der Waals surface area contributed by atoms with E-state index in [1.54, 1.807) is 0 Å². The summed E-state index contributed by atoms with van der Waals surface area (Å²) < 4.78 is 2.16. The maximum atomic E-state index is 13.8. The van der Waals surface area contributed by atoms with Crippen LogP contribution >= 0.6 is 84.0 Å². The summed E-state index contributed by atoms with van der Waals surface area (Å²) in [7, 11) is 23.3. The molecule has 0 aromatic heterocycles.